The number of carbonyl (C=O) groups excluding carboxylic acids is 1. The second-order valence-electron chi connectivity index (χ2n) is 8.78. The molecule has 1 heterocycles. The Morgan fingerprint density at radius 1 is 1.03 bits per heavy atom. The van der Waals surface area contributed by atoms with E-state index in [1.54, 1.807) is 6.92 Å². The average molecular weight is 497 g/mol. The van der Waals surface area contributed by atoms with Crippen molar-refractivity contribution in [2.45, 2.75) is 24.8 Å². The molecule has 0 saturated carbocycles. The molecule has 1 amide bonds. The van der Waals surface area contributed by atoms with Crippen molar-refractivity contribution in [2.75, 3.05) is 32.7 Å². The molecular formula is C25H28N4O5S. The van der Waals surface area contributed by atoms with E-state index in [0.29, 0.717) is 18.7 Å². The minimum absolute atomic E-state index is 0.0536. The molecule has 0 radical (unpaired) electrons. The fourth-order valence-corrected chi connectivity index (χ4v) is 5.96. The molecule has 0 spiro atoms. The molecule has 0 aliphatic carbocycles. The van der Waals surface area contributed by atoms with Crippen LogP contribution in [0.3, 0.4) is 0 Å². The van der Waals surface area contributed by atoms with E-state index in [2.05, 4.69) is 11.4 Å². The number of rotatable bonds is 7. The molecule has 4 rings (SSSR count). The molecule has 1 saturated heterocycles. The van der Waals surface area contributed by atoms with Crippen LogP contribution in [0.2, 0.25) is 0 Å². The van der Waals surface area contributed by atoms with Gasteiger partial charge in [-0.15, -0.1) is 0 Å². The van der Waals surface area contributed by atoms with Gasteiger partial charge in [-0.05, 0) is 41.8 Å². The van der Waals surface area contributed by atoms with Gasteiger partial charge in [0, 0.05) is 38.3 Å². The molecule has 1 atom stereocenters. The Bertz CT molecular complexity index is 1370. The summed E-state index contributed by atoms with van der Waals surface area (Å²) in [5.74, 6) is -0.128. The minimum atomic E-state index is -3.87. The number of benzene rings is 3. The van der Waals surface area contributed by atoms with Gasteiger partial charge < -0.3 is 5.32 Å². The summed E-state index contributed by atoms with van der Waals surface area (Å²) in [6.07, 6.45) is 0. The van der Waals surface area contributed by atoms with Gasteiger partial charge in [0.2, 0.25) is 15.9 Å². The van der Waals surface area contributed by atoms with Crippen molar-refractivity contribution in [3.63, 3.8) is 0 Å². The van der Waals surface area contributed by atoms with E-state index < -0.39 is 14.9 Å². The number of piperazine rings is 1. The van der Waals surface area contributed by atoms with E-state index in [0.717, 1.165) is 22.4 Å². The summed E-state index contributed by atoms with van der Waals surface area (Å²) in [7, 11) is -3.87. The van der Waals surface area contributed by atoms with Crippen molar-refractivity contribution in [3.8, 4) is 0 Å². The maximum absolute atomic E-state index is 13.1. The zero-order valence-corrected chi connectivity index (χ0v) is 20.5. The first-order valence-electron chi connectivity index (χ1n) is 11.4. The number of hydrogen-bond acceptors (Lipinski definition) is 6. The zero-order valence-electron chi connectivity index (χ0n) is 19.7. The van der Waals surface area contributed by atoms with Crippen molar-refractivity contribution in [2.24, 2.45) is 0 Å². The largest absolute Gasteiger partial charge is 0.348 e. The number of nitrogens with one attached hydrogen (secondary N) is 1. The lowest BCUT2D eigenvalue weighted by molar-refractivity contribution is -0.385. The Balaban J connectivity index is 1.34. The van der Waals surface area contributed by atoms with Crippen LogP contribution in [0.25, 0.3) is 10.8 Å². The molecule has 1 fully saturated rings. The number of amides is 1. The van der Waals surface area contributed by atoms with Crippen LogP contribution in [0, 0.1) is 17.0 Å². The number of carbonyl (C=O) groups is 1. The normalized spacial score (nSPS) is 16.2. The van der Waals surface area contributed by atoms with Gasteiger partial charge in [0.05, 0.1) is 22.4 Å². The average Bonchev–Trinajstić information content (AvgIpc) is 2.84. The molecule has 1 N–H and O–H groups in total. The van der Waals surface area contributed by atoms with Crippen LogP contribution in [0.15, 0.2) is 65.6 Å². The van der Waals surface area contributed by atoms with Crippen molar-refractivity contribution < 1.29 is 18.1 Å². The fraction of sp³-hybridized carbons (Fsp3) is 0.320. The monoisotopic (exact) mass is 496 g/mol. The minimum Gasteiger partial charge on any atom is -0.348 e. The van der Waals surface area contributed by atoms with Crippen molar-refractivity contribution in [1.29, 1.82) is 0 Å². The van der Waals surface area contributed by atoms with Gasteiger partial charge in [-0.3, -0.25) is 19.8 Å². The molecule has 0 aromatic heterocycles. The molecule has 184 valence electrons. The number of sulfonamides is 1. The molecule has 3 aromatic carbocycles. The Kier molecular flexibility index (Phi) is 7.15. The highest BCUT2D eigenvalue weighted by molar-refractivity contribution is 7.89. The first kappa shape index (κ1) is 24.8. The number of non-ortho nitro benzene ring substituents is 1. The Morgan fingerprint density at radius 2 is 1.71 bits per heavy atom. The summed E-state index contributed by atoms with van der Waals surface area (Å²) >= 11 is 0. The number of aryl methyl sites for hydroxylation is 1. The molecule has 35 heavy (non-hydrogen) atoms. The Labute approximate surface area is 204 Å². The Morgan fingerprint density at radius 3 is 2.40 bits per heavy atom. The highest BCUT2D eigenvalue weighted by atomic mass is 32.2. The molecule has 3 aromatic rings. The summed E-state index contributed by atoms with van der Waals surface area (Å²) < 4.78 is 27.6. The lowest BCUT2D eigenvalue weighted by atomic mass is 10.0. The highest BCUT2D eigenvalue weighted by Gasteiger charge is 2.31. The van der Waals surface area contributed by atoms with Gasteiger partial charge in [-0.2, -0.15) is 4.31 Å². The van der Waals surface area contributed by atoms with Gasteiger partial charge in [0.1, 0.15) is 0 Å². The first-order valence-corrected chi connectivity index (χ1v) is 12.8. The number of nitro groups is 1. The molecule has 10 heteroatoms. The van der Waals surface area contributed by atoms with E-state index in [1.165, 1.54) is 16.4 Å². The summed E-state index contributed by atoms with van der Waals surface area (Å²) in [6, 6.07) is 17.9. The van der Waals surface area contributed by atoms with Crippen LogP contribution in [-0.2, 0) is 14.8 Å². The summed E-state index contributed by atoms with van der Waals surface area (Å²) in [6.45, 7) is 4.93. The molecule has 9 nitrogen and oxygen atoms in total. The third-order valence-electron chi connectivity index (χ3n) is 6.35. The predicted molar refractivity (Wildman–Crippen MR) is 134 cm³/mol. The fourth-order valence-electron chi connectivity index (χ4n) is 4.30. The lowest BCUT2D eigenvalue weighted by Gasteiger charge is -2.34. The summed E-state index contributed by atoms with van der Waals surface area (Å²) in [5.41, 5.74) is 1.21. The zero-order chi connectivity index (χ0) is 25.2. The number of fused-ring (bicyclic) bond motifs is 1. The van der Waals surface area contributed by atoms with E-state index in [4.69, 9.17) is 0 Å². The van der Waals surface area contributed by atoms with Crippen LogP contribution in [-0.4, -0.2) is 61.2 Å². The highest BCUT2D eigenvalue weighted by Crippen LogP contribution is 2.26. The van der Waals surface area contributed by atoms with Gasteiger partial charge in [0.15, 0.2) is 0 Å². The first-order chi connectivity index (χ1) is 16.6. The molecule has 1 unspecified atom stereocenters. The summed E-state index contributed by atoms with van der Waals surface area (Å²) in [5, 5.41) is 16.4. The van der Waals surface area contributed by atoms with Crippen LogP contribution in [0.4, 0.5) is 5.69 Å². The molecule has 1 aliphatic heterocycles. The topological polar surface area (TPSA) is 113 Å². The van der Waals surface area contributed by atoms with E-state index >= 15 is 0 Å². The number of nitrogens with zero attached hydrogens (tertiary/aromatic N) is 3. The van der Waals surface area contributed by atoms with Crippen molar-refractivity contribution in [1.82, 2.24) is 14.5 Å². The van der Waals surface area contributed by atoms with E-state index in [1.807, 2.05) is 48.2 Å². The predicted octanol–water partition coefficient (Wildman–Crippen LogP) is 3.24. The molecule has 0 bridgehead atoms. The van der Waals surface area contributed by atoms with Gasteiger partial charge in [-0.25, -0.2) is 8.42 Å². The molecule has 1 aliphatic rings. The Hall–Kier alpha value is -3.34. The van der Waals surface area contributed by atoms with E-state index in [9.17, 15) is 23.3 Å². The number of nitro benzene ring substituents is 1. The standard InChI is InChI=1S/C25H28N4O5S/c1-18-7-10-23(29(31)32)16-24(18)35(33,34)28-13-11-27(12-14-28)17-25(30)26-19(2)21-9-8-20-5-3-4-6-22(20)15-21/h3-10,15-16,19H,11-14,17H2,1-2H3,(H,26,30). The third kappa shape index (κ3) is 5.50. The second-order valence-corrected chi connectivity index (χ2v) is 10.7. The SMILES string of the molecule is Cc1ccc([N+](=O)[O-])cc1S(=O)(=O)N1CCN(CC(=O)NC(C)c2ccc3ccccc3c2)CC1. The maximum atomic E-state index is 13.1. The van der Waals surface area contributed by atoms with Crippen LogP contribution >= 0.6 is 0 Å². The van der Waals surface area contributed by atoms with Gasteiger partial charge in [0.25, 0.3) is 5.69 Å². The van der Waals surface area contributed by atoms with Crippen LogP contribution in [0.1, 0.15) is 24.1 Å². The van der Waals surface area contributed by atoms with Crippen molar-refractivity contribution in [3.05, 3.63) is 81.9 Å². The quantitative estimate of drug-likeness (QED) is 0.397. The lowest BCUT2D eigenvalue weighted by Crippen LogP contribution is -2.51. The third-order valence-corrected chi connectivity index (χ3v) is 8.39. The van der Waals surface area contributed by atoms with Crippen molar-refractivity contribution >= 4 is 32.4 Å². The smallest absolute Gasteiger partial charge is 0.270 e. The van der Waals surface area contributed by atoms with Crippen LogP contribution in [0.5, 0.6) is 0 Å². The van der Waals surface area contributed by atoms with Gasteiger partial charge >= 0.3 is 0 Å². The van der Waals surface area contributed by atoms with E-state index in [-0.39, 0.29) is 42.2 Å². The van der Waals surface area contributed by atoms with Gasteiger partial charge in [-0.1, -0.05) is 42.5 Å². The summed E-state index contributed by atoms with van der Waals surface area (Å²) in [4.78, 5) is 25.0. The maximum Gasteiger partial charge on any atom is 0.270 e. The number of hydrogen-bond donors (Lipinski definition) is 1. The second kappa shape index (κ2) is 10.1. The molecular weight excluding hydrogens is 468 g/mol. The van der Waals surface area contributed by atoms with Crippen LogP contribution < -0.4 is 5.32 Å².